The number of aromatic nitrogens is 1. The third-order valence-electron chi connectivity index (χ3n) is 2.69. The predicted molar refractivity (Wildman–Crippen MR) is 59.9 cm³/mol. The van der Waals surface area contributed by atoms with Crippen molar-refractivity contribution in [1.29, 1.82) is 0 Å². The molecule has 0 saturated carbocycles. The number of pyridine rings is 1. The van der Waals surface area contributed by atoms with Gasteiger partial charge in [-0.25, -0.2) is 4.98 Å². The van der Waals surface area contributed by atoms with E-state index in [2.05, 4.69) is 16.8 Å². The Morgan fingerprint density at radius 2 is 2.36 bits per heavy atom. The summed E-state index contributed by atoms with van der Waals surface area (Å²) >= 11 is 5.80. The quantitative estimate of drug-likeness (QED) is 0.709. The largest absolute Gasteiger partial charge is 0.356 e. The highest BCUT2D eigenvalue weighted by Crippen LogP contribution is 2.21. The second-order valence-corrected chi connectivity index (χ2v) is 4.46. The molecule has 0 bridgehead atoms. The van der Waals surface area contributed by atoms with E-state index in [1.54, 1.807) is 6.20 Å². The maximum Gasteiger partial charge on any atom is 0.128 e. The zero-order valence-corrected chi connectivity index (χ0v) is 9.17. The van der Waals surface area contributed by atoms with Crippen molar-refractivity contribution in [3.05, 3.63) is 23.4 Å². The fourth-order valence-corrected chi connectivity index (χ4v) is 2.06. The molecular formula is C11H15ClN2. The molecule has 1 aromatic rings. The molecule has 0 aliphatic carbocycles. The molecule has 0 spiro atoms. The van der Waals surface area contributed by atoms with Crippen molar-refractivity contribution >= 4 is 17.4 Å². The van der Waals surface area contributed by atoms with Crippen LogP contribution in [0, 0.1) is 5.92 Å². The van der Waals surface area contributed by atoms with Crippen molar-refractivity contribution in [2.24, 2.45) is 5.92 Å². The Labute approximate surface area is 89.9 Å². The minimum atomic E-state index is 0.707. The van der Waals surface area contributed by atoms with E-state index in [1.807, 2.05) is 12.1 Å². The van der Waals surface area contributed by atoms with Crippen LogP contribution in [0.2, 0.25) is 5.02 Å². The van der Waals surface area contributed by atoms with Gasteiger partial charge in [-0.3, -0.25) is 0 Å². The van der Waals surface area contributed by atoms with Gasteiger partial charge in [-0.1, -0.05) is 18.5 Å². The molecule has 3 heteroatoms. The van der Waals surface area contributed by atoms with E-state index in [-0.39, 0.29) is 0 Å². The number of anilines is 1. The third-order valence-corrected chi connectivity index (χ3v) is 2.92. The zero-order valence-electron chi connectivity index (χ0n) is 8.41. The van der Waals surface area contributed by atoms with Crippen LogP contribution in [0.1, 0.15) is 19.8 Å². The summed E-state index contributed by atoms with van der Waals surface area (Å²) in [6.45, 7) is 4.54. The van der Waals surface area contributed by atoms with Crippen LogP contribution in [-0.4, -0.2) is 18.1 Å². The van der Waals surface area contributed by atoms with Crippen LogP contribution in [0.25, 0.3) is 0 Å². The predicted octanol–water partition coefficient (Wildman–Crippen LogP) is 2.97. The van der Waals surface area contributed by atoms with Gasteiger partial charge >= 0.3 is 0 Å². The molecule has 0 aromatic carbocycles. The summed E-state index contributed by atoms with van der Waals surface area (Å²) in [6, 6.07) is 3.91. The minimum Gasteiger partial charge on any atom is -0.356 e. The maximum absolute atomic E-state index is 5.80. The first-order valence-electron chi connectivity index (χ1n) is 5.12. The molecule has 1 atom stereocenters. The van der Waals surface area contributed by atoms with Crippen molar-refractivity contribution in [2.45, 2.75) is 19.8 Å². The molecule has 0 radical (unpaired) electrons. The fraction of sp³-hybridized carbons (Fsp3) is 0.545. The molecule has 2 heterocycles. The van der Waals surface area contributed by atoms with E-state index in [0.717, 1.165) is 24.8 Å². The molecule has 1 aliphatic rings. The lowest BCUT2D eigenvalue weighted by molar-refractivity contribution is 0.444. The Balaban J connectivity index is 2.10. The maximum atomic E-state index is 5.80. The second kappa shape index (κ2) is 4.18. The van der Waals surface area contributed by atoms with Crippen molar-refractivity contribution in [3.8, 4) is 0 Å². The lowest BCUT2D eigenvalue weighted by atomic mass is 10.0. The number of rotatable bonds is 1. The van der Waals surface area contributed by atoms with Gasteiger partial charge in [0.25, 0.3) is 0 Å². The van der Waals surface area contributed by atoms with Gasteiger partial charge in [0.15, 0.2) is 0 Å². The van der Waals surface area contributed by atoms with Crippen LogP contribution in [0.3, 0.4) is 0 Å². The van der Waals surface area contributed by atoms with Gasteiger partial charge in [0.05, 0.1) is 5.02 Å². The Hall–Kier alpha value is -0.760. The number of hydrogen-bond acceptors (Lipinski definition) is 2. The SMILES string of the molecule is CC1CCCN(c2ccc(Cl)cn2)C1. The first kappa shape index (κ1) is 9.78. The normalized spacial score (nSPS) is 22.4. The molecule has 2 nitrogen and oxygen atoms in total. The van der Waals surface area contributed by atoms with Gasteiger partial charge in [-0.05, 0) is 30.9 Å². The number of piperidine rings is 1. The molecule has 14 heavy (non-hydrogen) atoms. The number of hydrogen-bond donors (Lipinski definition) is 0. The highest BCUT2D eigenvalue weighted by molar-refractivity contribution is 6.30. The third kappa shape index (κ3) is 2.18. The van der Waals surface area contributed by atoms with Crippen molar-refractivity contribution in [3.63, 3.8) is 0 Å². The molecule has 2 rings (SSSR count). The molecule has 1 unspecified atom stereocenters. The van der Waals surface area contributed by atoms with Crippen LogP contribution in [0.5, 0.6) is 0 Å². The smallest absolute Gasteiger partial charge is 0.128 e. The molecule has 76 valence electrons. The van der Waals surface area contributed by atoms with Crippen molar-refractivity contribution in [2.75, 3.05) is 18.0 Å². The summed E-state index contributed by atoms with van der Waals surface area (Å²) < 4.78 is 0. The summed E-state index contributed by atoms with van der Waals surface area (Å²) in [4.78, 5) is 6.67. The van der Waals surface area contributed by atoms with Gasteiger partial charge in [0.1, 0.15) is 5.82 Å². The van der Waals surface area contributed by atoms with Crippen LogP contribution in [-0.2, 0) is 0 Å². The summed E-state index contributed by atoms with van der Waals surface area (Å²) in [7, 11) is 0. The highest BCUT2D eigenvalue weighted by atomic mass is 35.5. The van der Waals surface area contributed by atoms with Crippen LogP contribution >= 0.6 is 11.6 Å². The molecule has 1 aliphatic heterocycles. The van der Waals surface area contributed by atoms with E-state index in [1.165, 1.54) is 12.8 Å². The Morgan fingerprint density at radius 3 is 3.00 bits per heavy atom. The summed E-state index contributed by atoms with van der Waals surface area (Å²) in [6.07, 6.45) is 4.33. The minimum absolute atomic E-state index is 0.707. The summed E-state index contributed by atoms with van der Waals surface area (Å²) in [5, 5.41) is 0.707. The Morgan fingerprint density at radius 1 is 1.50 bits per heavy atom. The van der Waals surface area contributed by atoms with E-state index in [4.69, 9.17) is 11.6 Å². The fourth-order valence-electron chi connectivity index (χ4n) is 1.95. The summed E-state index contributed by atoms with van der Waals surface area (Å²) in [5.74, 6) is 1.84. The Kier molecular flexibility index (Phi) is 2.92. The van der Waals surface area contributed by atoms with Crippen LogP contribution in [0.4, 0.5) is 5.82 Å². The van der Waals surface area contributed by atoms with Gasteiger partial charge in [-0.2, -0.15) is 0 Å². The number of halogens is 1. The molecule has 0 N–H and O–H groups in total. The van der Waals surface area contributed by atoms with Gasteiger partial charge < -0.3 is 4.90 Å². The van der Waals surface area contributed by atoms with E-state index in [0.29, 0.717) is 5.02 Å². The molecule has 1 aromatic heterocycles. The number of nitrogens with zero attached hydrogens (tertiary/aromatic N) is 2. The van der Waals surface area contributed by atoms with Gasteiger partial charge in [0.2, 0.25) is 0 Å². The molecule has 0 amide bonds. The molecule has 1 fully saturated rings. The lowest BCUT2D eigenvalue weighted by Crippen LogP contribution is -2.34. The zero-order chi connectivity index (χ0) is 9.97. The Bertz CT molecular complexity index is 297. The van der Waals surface area contributed by atoms with Crippen molar-refractivity contribution in [1.82, 2.24) is 4.98 Å². The van der Waals surface area contributed by atoms with Gasteiger partial charge in [0, 0.05) is 19.3 Å². The first-order valence-corrected chi connectivity index (χ1v) is 5.50. The second-order valence-electron chi connectivity index (χ2n) is 4.03. The van der Waals surface area contributed by atoms with E-state index >= 15 is 0 Å². The highest BCUT2D eigenvalue weighted by Gasteiger charge is 2.16. The van der Waals surface area contributed by atoms with Crippen molar-refractivity contribution < 1.29 is 0 Å². The van der Waals surface area contributed by atoms with Crippen LogP contribution < -0.4 is 4.90 Å². The first-order chi connectivity index (χ1) is 6.75. The lowest BCUT2D eigenvalue weighted by Gasteiger charge is -2.31. The van der Waals surface area contributed by atoms with E-state index < -0.39 is 0 Å². The molecular weight excluding hydrogens is 196 g/mol. The monoisotopic (exact) mass is 210 g/mol. The molecule has 1 saturated heterocycles. The topological polar surface area (TPSA) is 16.1 Å². The van der Waals surface area contributed by atoms with Gasteiger partial charge in [-0.15, -0.1) is 0 Å². The standard InChI is InChI=1S/C11H15ClN2/c1-9-3-2-6-14(8-9)11-5-4-10(12)7-13-11/h4-5,7,9H,2-3,6,8H2,1H3. The average molecular weight is 211 g/mol. The summed E-state index contributed by atoms with van der Waals surface area (Å²) in [5.41, 5.74) is 0. The van der Waals surface area contributed by atoms with Crippen LogP contribution in [0.15, 0.2) is 18.3 Å². The average Bonchev–Trinajstić information content (AvgIpc) is 2.19. The van der Waals surface area contributed by atoms with E-state index in [9.17, 15) is 0 Å².